The monoisotopic (exact) mass is 356 g/mol. The summed E-state index contributed by atoms with van der Waals surface area (Å²) in [4.78, 5) is 15.9. The SMILES string of the molecule is O=C(Nc1ncc(Br)s1)C1CCCC(C(F)(F)F)C1. The minimum Gasteiger partial charge on any atom is -0.302 e. The number of nitrogens with one attached hydrogen (secondary N) is 1. The topological polar surface area (TPSA) is 42.0 Å². The molecule has 2 unspecified atom stereocenters. The first-order valence-corrected chi connectivity index (χ1v) is 7.46. The number of carbonyl (C=O) groups is 1. The van der Waals surface area contributed by atoms with Gasteiger partial charge in [-0.1, -0.05) is 17.8 Å². The van der Waals surface area contributed by atoms with Crippen molar-refractivity contribution in [2.24, 2.45) is 11.8 Å². The first kappa shape index (κ1) is 14.8. The number of hydrogen-bond donors (Lipinski definition) is 1. The zero-order valence-corrected chi connectivity index (χ0v) is 12.2. The summed E-state index contributed by atoms with van der Waals surface area (Å²) in [6.07, 6.45) is -1.73. The Morgan fingerprint density at radius 2 is 2.21 bits per heavy atom. The van der Waals surface area contributed by atoms with Gasteiger partial charge in [0.15, 0.2) is 5.13 Å². The van der Waals surface area contributed by atoms with E-state index in [2.05, 4.69) is 26.2 Å². The lowest BCUT2D eigenvalue weighted by atomic mass is 9.80. The molecule has 0 saturated heterocycles. The highest BCUT2D eigenvalue weighted by atomic mass is 79.9. The number of anilines is 1. The van der Waals surface area contributed by atoms with E-state index >= 15 is 0 Å². The number of thiazole rings is 1. The fourth-order valence-corrected chi connectivity index (χ4v) is 3.35. The maximum Gasteiger partial charge on any atom is 0.391 e. The Morgan fingerprint density at radius 3 is 2.79 bits per heavy atom. The van der Waals surface area contributed by atoms with E-state index in [0.717, 1.165) is 3.79 Å². The van der Waals surface area contributed by atoms with Crippen LogP contribution in [0.25, 0.3) is 0 Å². The van der Waals surface area contributed by atoms with E-state index in [1.54, 1.807) is 6.20 Å². The predicted molar refractivity (Wildman–Crippen MR) is 69.9 cm³/mol. The van der Waals surface area contributed by atoms with Crippen molar-refractivity contribution in [2.45, 2.75) is 31.9 Å². The van der Waals surface area contributed by atoms with Crippen LogP contribution in [0.4, 0.5) is 18.3 Å². The number of nitrogens with zero attached hydrogens (tertiary/aromatic N) is 1. The minimum atomic E-state index is -4.21. The van der Waals surface area contributed by atoms with Gasteiger partial charge in [-0.3, -0.25) is 4.79 Å². The van der Waals surface area contributed by atoms with Crippen molar-refractivity contribution in [3.8, 4) is 0 Å². The van der Waals surface area contributed by atoms with Crippen LogP contribution in [-0.4, -0.2) is 17.1 Å². The molecule has 1 aromatic rings. The molecule has 0 aromatic carbocycles. The summed E-state index contributed by atoms with van der Waals surface area (Å²) in [5, 5.41) is 2.98. The van der Waals surface area contributed by atoms with E-state index in [1.165, 1.54) is 11.3 Å². The van der Waals surface area contributed by atoms with Crippen molar-refractivity contribution >= 4 is 38.3 Å². The van der Waals surface area contributed by atoms with Gasteiger partial charge in [-0.05, 0) is 35.2 Å². The number of halogens is 4. The Morgan fingerprint density at radius 1 is 1.47 bits per heavy atom. The Kier molecular flexibility index (Phi) is 4.50. The molecule has 1 aliphatic rings. The summed E-state index contributed by atoms with van der Waals surface area (Å²) in [6.45, 7) is 0. The van der Waals surface area contributed by atoms with Crippen molar-refractivity contribution < 1.29 is 18.0 Å². The molecule has 106 valence electrons. The molecular weight excluding hydrogens is 345 g/mol. The molecule has 1 heterocycles. The van der Waals surface area contributed by atoms with Crippen LogP contribution in [-0.2, 0) is 4.79 Å². The molecule has 2 rings (SSSR count). The van der Waals surface area contributed by atoms with Crippen molar-refractivity contribution in [3.63, 3.8) is 0 Å². The van der Waals surface area contributed by atoms with Gasteiger partial charge in [0.25, 0.3) is 0 Å². The molecule has 1 N–H and O–H groups in total. The Hall–Kier alpha value is -0.630. The van der Waals surface area contributed by atoms with Crippen LogP contribution in [0.5, 0.6) is 0 Å². The molecule has 1 amide bonds. The molecule has 0 aliphatic heterocycles. The van der Waals surface area contributed by atoms with E-state index in [0.29, 0.717) is 18.0 Å². The van der Waals surface area contributed by atoms with Crippen LogP contribution in [0.1, 0.15) is 25.7 Å². The Labute approximate surface area is 120 Å². The quantitative estimate of drug-likeness (QED) is 0.862. The molecule has 1 aliphatic carbocycles. The molecule has 8 heteroatoms. The predicted octanol–water partition coefficient (Wildman–Crippen LogP) is 4.21. The molecule has 0 spiro atoms. The van der Waals surface area contributed by atoms with Crippen LogP contribution in [0.15, 0.2) is 9.98 Å². The minimum absolute atomic E-state index is 0.121. The van der Waals surface area contributed by atoms with Gasteiger partial charge in [0, 0.05) is 5.92 Å². The summed E-state index contributed by atoms with van der Waals surface area (Å²) in [7, 11) is 0. The van der Waals surface area contributed by atoms with Gasteiger partial charge >= 0.3 is 6.18 Å². The molecule has 2 atom stereocenters. The smallest absolute Gasteiger partial charge is 0.302 e. The summed E-state index contributed by atoms with van der Waals surface area (Å²) >= 11 is 4.45. The Bertz CT molecular complexity index is 463. The van der Waals surface area contributed by atoms with Crippen molar-refractivity contribution in [1.29, 1.82) is 0 Å². The van der Waals surface area contributed by atoms with Gasteiger partial charge < -0.3 is 5.32 Å². The number of carbonyl (C=O) groups excluding carboxylic acids is 1. The lowest BCUT2D eigenvalue weighted by Crippen LogP contribution is -2.34. The van der Waals surface area contributed by atoms with Gasteiger partial charge in [0.05, 0.1) is 15.9 Å². The van der Waals surface area contributed by atoms with Crippen LogP contribution in [0.2, 0.25) is 0 Å². The van der Waals surface area contributed by atoms with Gasteiger partial charge in [-0.2, -0.15) is 13.2 Å². The summed E-state index contributed by atoms with van der Waals surface area (Å²) in [5.74, 6) is -2.31. The first-order valence-electron chi connectivity index (χ1n) is 5.85. The molecule has 0 bridgehead atoms. The van der Waals surface area contributed by atoms with Gasteiger partial charge in [-0.15, -0.1) is 0 Å². The van der Waals surface area contributed by atoms with Gasteiger partial charge in [-0.25, -0.2) is 4.98 Å². The number of aromatic nitrogens is 1. The third-order valence-corrected chi connectivity index (χ3v) is 4.61. The summed E-state index contributed by atoms with van der Waals surface area (Å²) in [6, 6.07) is 0. The average molecular weight is 357 g/mol. The average Bonchev–Trinajstić information content (AvgIpc) is 2.74. The summed E-state index contributed by atoms with van der Waals surface area (Å²) < 4.78 is 38.7. The van der Waals surface area contributed by atoms with E-state index < -0.39 is 18.0 Å². The Balaban J connectivity index is 1.95. The van der Waals surface area contributed by atoms with Crippen LogP contribution >= 0.6 is 27.3 Å². The second-order valence-corrected chi connectivity index (χ2v) is 6.97. The maximum atomic E-state index is 12.7. The maximum absolute atomic E-state index is 12.7. The lowest BCUT2D eigenvalue weighted by molar-refractivity contribution is -0.185. The van der Waals surface area contributed by atoms with E-state index in [1.807, 2.05) is 0 Å². The molecule has 1 fully saturated rings. The van der Waals surface area contributed by atoms with Crippen molar-refractivity contribution in [3.05, 3.63) is 9.98 Å². The third-order valence-electron chi connectivity index (χ3n) is 3.22. The number of rotatable bonds is 2. The molecule has 1 aromatic heterocycles. The number of hydrogen-bond acceptors (Lipinski definition) is 3. The van der Waals surface area contributed by atoms with Crippen LogP contribution in [0.3, 0.4) is 0 Å². The number of amides is 1. The highest BCUT2D eigenvalue weighted by molar-refractivity contribution is 9.11. The zero-order valence-electron chi connectivity index (χ0n) is 9.84. The first-order chi connectivity index (χ1) is 8.86. The fourth-order valence-electron chi connectivity index (χ4n) is 2.24. The molecule has 19 heavy (non-hydrogen) atoms. The highest BCUT2D eigenvalue weighted by Gasteiger charge is 2.43. The largest absolute Gasteiger partial charge is 0.391 e. The van der Waals surface area contributed by atoms with Crippen molar-refractivity contribution in [1.82, 2.24) is 4.98 Å². The highest BCUT2D eigenvalue weighted by Crippen LogP contribution is 2.40. The normalized spacial score (nSPS) is 24.2. The van der Waals surface area contributed by atoms with Crippen molar-refractivity contribution in [2.75, 3.05) is 5.32 Å². The number of alkyl halides is 3. The van der Waals surface area contributed by atoms with Crippen LogP contribution < -0.4 is 5.32 Å². The standard InChI is InChI=1S/C11H12BrF3N2OS/c12-8-5-16-10(19-8)17-9(18)6-2-1-3-7(4-6)11(13,14)15/h5-7H,1-4H2,(H,16,17,18). The second-order valence-electron chi connectivity index (χ2n) is 4.56. The molecular formula is C11H12BrF3N2OS. The zero-order chi connectivity index (χ0) is 14.0. The van der Waals surface area contributed by atoms with E-state index in [-0.39, 0.29) is 18.7 Å². The molecule has 0 radical (unpaired) electrons. The van der Waals surface area contributed by atoms with Gasteiger partial charge in [0.1, 0.15) is 0 Å². The molecule has 1 saturated carbocycles. The molecule has 3 nitrogen and oxygen atoms in total. The third kappa shape index (κ3) is 3.92. The summed E-state index contributed by atoms with van der Waals surface area (Å²) in [5.41, 5.74) is 0. The van der Waals surface area contributed by atoms with E-state index in [9.17, 15) is 18.0 Å². The second kappa shape index (κ2) is 5.78. The van der Waals surface area contributed by atoms with Gasteiger partial charge in [0.2, 0.25) is 5.91 Å². The van der Waals surface area contributed by atoms with E-state index in [4.69, 9.17) is 0 Å². The van der Waals surface area contributed by atoms with Crippen LogP contribution in [0, 0.1) is 11.8 Å². The lowest BCUT2D eigenvalue weighted by Gasteiger charge is -2.29. The fraction of sp³-hybridized carbons (Fsp3) is 0.636.